The van der Waals surface area contributed by atoms with Crippen molar-refractivity contribution in [1.29, 1.82) is 0 Å². The fraction of sp³-hybridized carbons (Fsp3) is 0.143. The van der Waals surface area contributed by atoms with Gasteiger partial charge < -0.3 is 4.74 Å². The first-order chi connectivity index (χ1) is 13.5. The number of rotatable bonds is 6. The third-order valence-corrected chi connectivity index (χ3v) is 5.25. The largest absolute Gasteiger partial charge is 0.427 e. The van der Waals surface area contributed by atoms with E-state index in [1.807, 2.05) is 30.3 Å². The molecule has 0 aromatic heterocycles. The van der Waals surface area contributed by atoms with E-state index < -0.39 is 10.9 Å². The normalized spacial score (nSPS) is 14.4. The number of hydrogen-bond donors (Lipinski definition) is 0. The van der Waals surface area contributed by atoms with Crippen molar-refractivity contribution in [3.8, 4) is 0 Å². The van der Waals surface area contributed by atoms with Crippen molar-refractivity contribution in [2.75, 3.05) is 0 Å². The summed E-state index contributed by atoms with van der Waals surface area (Å²) in [6, 6.07) is 15.5. The number of hydrogen-bond acceptors (Lipinski definition) is 6. The molecule has 0 spiro atoms. The van der Waals surface area contributed by atoms with Crippen molar-refractivity contribution in [3.05, 3.63) is 87.0 Å². The number of nitro benzene ring substituents is 1. The number of ether oxygens (including phenoxy) is 1. The molecule has 0 bridgehead atoms. The highest BCUT2D eigenvalue weighted by atomic mass is 32.2. The average molecular weight is 395 g/mol. The van der Waals surface area contributed by atoms with Crippen molar-refractivity contribution >= 4 is 35.3 Å². The van der Waals surface area contributed by atoms with E-state index in [0.29, 0.717) is 24.2 Å². The van der Waals surface area contributed by atoms with E-state index in [1.165, 1.54) is 12.1 Å². The molecule has 0 saturated carbocycles. The van der Waals surface area contributed by atoms with Gasteiger partial charge >= 0.3 is 5.97 Å². The summed E-state index contributed by atoms with van der Waals surface area (Å²) in [5.41, 5.74) is 0.760. The van der Waals surface area contributed by atoms with E-state index in [0.717, 1.165) is 17.3 Å². The van der Waals surface area contributed by atoms with Crippen molar-refractivity contribution in [2.45, 2.75) is 24.2 Å². The average Bonchev–Trinajstić information content (AvgIpc) is 2.70. The first kappa shape index (κ1) is 19.6. The number of nitro groups is 1. The van der Waals surface area contributed by atoms with Gasteiger partial charge in [-0.2, -0.15) is 0 Å². The van der Waals surface area contributed by atoms with E-state index >= 15 is 0 Å². The van der Waals surface area contributed by atoms with Crippen LogP contribution in [0.4, 0.5) is 5.69 Å². The van der Waals surface area contributed by atoms with E-state index in [9.17, 15) is 19.7 Å². The highest BCUT2D eigenvalue weighted by molar-refractivity contribution is 8.04. The van der Waals surface area contributed by atoms with Gasteiger partial charge in [-0.05, 0) is 24.1 Å². The van der Waals surface area contributed by atoms with Crippen LogP contribution in [0, 0.1) is 10.1 Å². The topological polar surface area (TPSA) is 86.5 Å². The fourth-order valence-electron chi connectivity index (χ4n) is 2.69. The zero-order chi connectivity index (χ0) is 19.9. The molecular weight excluding hydrogens is 378 g/mol. The monoisotopic (exact) mass is 395 g/mol. The second kappa shape index (κ2) is 9.14. The molecule has 0 heterocycles. The fourth-order valence-corrected chi connectivity index (χ4v) is 3.78. The minimum absolute atomic E-state index is 0.0898. The summed E-state index contributed by atoms with van der Waals surface area (Å²) >= 11 is 0.979. The predicted molar refractivity (Wildman–Crippen MR) is 106 cm³/mol. The van der Waals surface area contributed by atoms with Gasteiger partial charge in [-0.3, -0.25) is 14.9 Å². The van der Waals surface area contributed by atoms with Gasteiger partial charge in [0.1, 0.15) is 5.76 Å². The van der Waals surface area contributed by atoms with Crippen LogP contribution in [0.2, 0.25) is 0 Å². The molecular formula is C21H17NO5S. The van der Waals surface area contributed by atoms with Gasteiger partial charge in [-0.25, -0.2) is 4.79 Å². The van der Waals surface area contributed by atoms with Crippen molar-refractivity contribution < 1.29 is 19.2 Å². The summed E-state index contributed by atoms with van der Waals surface area (Å²) < 4.78 is 5.41. The van der Waals surface area contributed by atoms with Gasteiger partial charge in [0, 0.05) is 25.0 Å². The van der Waals surface area contributed by atoms with Crippen LogP contribution in [-0.4, -0.2) is 16.7 Å². The molecule has 0 radical (unpaired) electrons. The highest BCUT2D eigenvalue weighted by Gasteiger charge is 2.26. The SMILES string of the molecule is O=C(C=Cc1ccccc1)OC1=C(Sc2ccccc2[N+](=O)[O-])C(=O)CCC1. The minimum Gasteiger partial charge on any atom is -0.427 e. The third-order valence-electron chi connectivity index (χ3n) is 4.02. The molecule has 1 aliphatic rings. The maximum Gasteiger partial charge on any atom is 0.335 e. The van der Waals surface area contributed by atoms with Gasteiger partial charge in [0.05, 0.1) is 14.7 Å². The lowest BCUT2D eigenvalue weighted by molar-refractivity contribution is -0.387. The highest BCUT2D eigenvalue weighted by Crippen LogP contribution is 2.39. The number of thioether (sulfide) groups is 1. The van der Waals surface area contributed by atoms with Crippen LogP contribution in [0.5, 0.6) is 0 Å². The molecule has 28 heavy (non-hydrogen) atoms. The van der Waals surface area contributed by atoms with Crippen LogP contribution in [0.3, 0.4) is 0 Å². The van der Waals surface area contributed by atoms with Crippen molar-refractivity contribution in [3.63, 3.8) is 0 Å². The van der Waals surface area contributed by atoms with Crippen LogP contribution in [0.25, 0.3) is 6.08 Å². The predicted octanol–water partition coefficient (Wildman–Crippen LogP) is 4.91. The summed E-state index contributed by atoms with van der Waals surface area (Å²) in [6.07, 6.45) is 4.26. The summed E-state index contributed by atoms with van der Waals surface area (Å²) in [7, 11) is 0. The lowest BCUT2D eigenvalue weighted by atomic mass is 10.0. The molecule has 0 aliphatic heterocycles. The van der Waals surface area contributed by atoms with Crippen molar-refractivity contribution in [1.82, 2.24) is 0 Å². The molecule has 0 amide bonds. The first-order valence-corrected chi connectivity index (χ1v) is 9.49. The summed E-state index contributed by atoms with van der Waals surface area (Å²) in [5.74, 6) is -0.499. The Kier molecular flexibility index (Phi) is 6.39. The molecule has 1 aliphatic carbocycles. The van der Waals surface area contributed by atoms with E-state index in [-0.39, 0.29) is 22.1 Å². The molecule has 0 atom stereocenters. The van der Waals surface area contributed by atoms with E-state index in [1.54, 1.807) is 24.3 Å². The summed E-state index contributed by atoms with van der Waals surface area (Å²) in [4.78, 5) is 35.9. The Bertz CT molecular complexity index is 966. The van der Waals surface area contributed by atoms with Crippen LogP contribution in [0.1, 0.15) is 24.8 Å². The van der Waals surface area contributed by atoms with E-state index in [2.05, 4.69) is 0 Å². The molecule has 0 N–H and O–H groups in total. The zero-order valence-electron chi connectivity index (χ0n) is 14.9. The Balaban J connectivity index is 1.82. The number of allylic oxidation sites excluding steroid dienone is 2. The van der Waals surface area contributed by atoms with E-state index in [4.69, 9.17) is 4.74 Å². The van der Waals surface area contributed by atoms with Gasteiger partial charge in [-0.1, -0.05) is 54.2 Å². The minimum atomic E-state index is -0.589. The molecule has 2 aromatic carbocycles. The number of para-hydroxylation sites is 1. The second-order valence-electron chi connectivity index (χ2n) is 6.02. The molecule has 0 saturated heterocycles. The first-order valence-electron chi connectivity index (χ1n) is 8.67. The second-order valence-corrected chi connectivity index (χ2v) is 7.07. The summed E-state index contributed by atoms with van der Waals surface area (Å²) in [6.45, 7) is 0. The Labute approximate surface area is 166 Å². The number of benzene rings is 2. The Morgan fingerprint density at radius 1 is 1.07 bits per heavy atom. The van der Waals surface area contributed by atoms with Crippen LogP contribution in [-0.2, 0) is 14.3 Å². The molecule has 2 aromatic rings. The number of esters is 1. The Morgan fingerprint density at radius 2 is 1.79 bits per heavy atom. The molecule has 0 unspecified atom stereocenters. The number of ketones is 1. The number of carbonyl (C=O) groups is 2. The number of carbonyl (C=O) groups excluding carboxylic acids is 2. The summed E-state index contributed by atoms with van der Waals surface area (Å²) in [5, 5.41) is 11.2. The molecule has 142 valence electrons. The Morgan fingerprint density at radius 3 is 2.54 bits per heavy atom. The van der Waals surface area contributed by atoms with Gasteiger partial charge in [0.25, 0.3) is 5.69 Å². The number of nitrogens with zero attached hydrogens (tertiary/aromatic N) is 1. The van der Waals surface area contributed by atoms with Gasteiger partial charge in [0.15, 0.2) is 5.78 Å². The quantitative estimate of drug-likeness (QED) is 0.299. The zero-order valence-corrected chi connectivity index (χ0v) is 15.7. The standard InChI is InChI=1S/C21H17NO5S/c23-17-10-6-11-18(27-20(24)14-13-15-7-2-1-3-8-15)21(17)28-19-12-5-4-9-16(19)22(25)26/h1-5,7-9,12-14H,6,10-11H2. The molecule has 3 rings (SSSR count). The van der Waals surface area contributed by atoms with Crippen LogP contribution < -0.4 is 0 Å². The van der Waals surface area contributed by atoms with Crippen LogP contribution in [0.15, 0.2) is 76.2 Å². The Hall–Kier alpha value is -3.19. The molecule has 0 fully saturated rings. The smallest absolute Gasteiger partial charge is 0.335 e. The maximum absolute atomic E-state index is 12.4. The molecule has 6 nitrogen and oxygen atoms in total. The van der Waals surface area contributed by atoms with Gasteiger partial charge in [-0.15, -0.1) is 0 Å². The van der Waals surface area contributed by atoms with Gasteiger partial charge in [0.2, 0.25) is 0 Å². The third kappa shape index (κ3) is 4.95. The molecule has 7 heteroatoms. The maximum atomic E-state index is 12.4. The van der Waals surface area contributed by atoms with Crippen molar-refractivity contribution in [2.24, 2.45) is 0 Å². The lowest BCUT2D eigenvalue weighted by Gasteiger charge is -2.18. The lowest BCUT2D eigenvalue weighted by Crippen LogP contribution is -2.13. The van der Waals surface area contributed by atoms with Crippen LogP contribution >= 0.6 is 11.8 Å². The number of Topliss-reactive ketones (excluding diaryl/α,β-unsaturated/α-hetero) is 1.